The zero-order valence-corrected chi connectivity index (χ0v) is 8.88. The molecule has 9 heavy (non-hydrogen) atoms. The zero-order valence-electron chi connectivity index (χ0n) is 5.13. The van der Waals surface area contributed by atoms with Gasteiger partial charge in [-0.2, -0.15) is 0 Å². The Morgan fingerprint density at radius 2 is 1.89 bits per heavy atom. The molecule has 0 aliphatic carbocycles. The summed E-state index contributed by atoms with van der Waals surface area (Å²) >= 11 is 5.10. The van der Waals surface area contributed by atoms with Gasteiger partial charge >= 0.3 is 73.1 Å². The van der Waals surface area contributed by atoms with Crippen LogP contribution in [0.25, 0.3) is 0 Å². The second kappa shape index (κ2) is 2.95. The van der Waals surface area contributed by atoms with Gasteiger partial charge in [0.1, 0.15) is 0 Å². The van der Waals surface area contributed by atoms with Crippen molar-refractivity contribution in [3.05, 3.63) is 23.8 Å². The fourth-order valence-electron chi connectivity index (χ4n) is 0.640. The van der Waals surface area contributed by atoms with Crippen molar-refractivity contribution in [1.82, 2.24) is 0 Å². The van der Waals surface area contributed by atoms with E-state index in [9.17, 15) is 0 Å². The Kier molecular flexibility index (Phi) is 2.44. The molecule has 0 fully saturated rings. The van der Waals surface area contributed by atoms with Crippen molar-refractivity contribution in [2.45, 2.75) is 6.92 Å². The Hall–Kier alpha value is 0.337. The summed E-state index contributed by atoms with van der Waals surface area (Å²) in [6.45, 7) is 2.12. The molecular formula is C7H6As2. The van der Waals surface area contributed by atoms with Gasteiger partial charge in [-0.05, 0) is 0 Å². The molecule has 0 aromatic heterocycles. The number of benzene rings is 1. The third-order valence-electron chi connectivity index (χ3n) is 1.18. The first-order valence-corrected chi connectivity index (χ1v) is 4.56. The molecule has 0 nitrogen and oxygen atoms in total. The average molecular weight is 240 g/mol. The summed E-state index contributed by atoms with van der Waals surface area (Å²) in [5, 5.41) is 0. The molecule has 44 valence electrons. The topological polar surface area (TPSA) is 0 Å². The summed E-state index contributed by atoms with van der Waals surface area (Å²) in [4.78, 5) is 0. The summed E-state index contributed by atoms with van der Waals surface area (Å²) in [6.07, 6.45) is 0. The van der Waals surface area contributed by atoms with E-state index in [-0.39, 0.29) is 0 Å². The number of hydrogen-bond donors (Lipinski definition) is 0. The van der Waals surface area contributed by atoms with Crippen molar-refractivity contribution in [3.8, 4) is 0 Å². The van der Waals surface area contributed by atoms with Crippen LogP contribution in [0.15, 0.2) is 18.2 Å². The van der Waals surface area contributed by atoms with Crippen LogP contribution >= 0.6 is 0 Å². The van der Waals surface area contributed by atoms with Crippen molar-refractivity contribution < 1.29 is 0 Å². The van der Waals surface area contributed by atoms with Crippen LogP contribution in [-0.4, -0.2) is 33.7 Å². The quantitative estimate of drug-likeness (QED) is 0.540. The molecule has 0 saturated heterocycles. The van der Waals surface area contributed by atoms with E-state index in [1.807, 2.05) is 0 Å². The fraction of sp³-hybridized carbons (Fsp3) is 0.143. The van der Waals surface area contributed by atoms with E-state index >= 15 is 0 Å². The first-order valence-electron chi connectivity index (χ1n) is 2.69. The predicted octanol–water partition coefficient (Wildman–Crippen LogP) is -0.417. The van der Waals surface area contributed by atoms with Gasteiger partial charge in [0.15, 0.2) is 0 Å². The zero-order chi connectivity index (χ0) is 6.85. The summed E-state index contributed by atoms with van der Waals surface area (Å²) in [6, 6.07) is 6.37. The van der Waals surface area contributed by atoms with Crippen LogP contribution in [0.5, 0.6) is 0 Å². The van der Waals surface area contributed by atoms with Crippen molar-refractivity contribution in [2.75, 3.05) is 0 Å². The molecule has 2 heteroatoms. The third-order valence-corrected chi connectivity index (χ3v) is 2.82. The Morgan fingerprint density at radius 3 is 2.33 bits per heavy atom. The maximum atomic E-state index is 2.56. The van der Waals surface area contributed by atoms with Crippen molar-refractivity contribution in [3.63, 3.8) is 0 Å². The molecule has 1 aromatic carbocycles. The third kappa shape index (κ3) is 1.88. The van der Waals surface area contributed by atoms with Gasteiger partial charge in [0.2, 0.25) is 0 Å². The van der Waals surface area contributed by atoms with E-state index in [1.165, 1.54) is 14.3 Å². The van der Waals surface area contributed by atoms with Gasteiger partial charge in [-0.25, -0.2) is 0 Å². The molecule has 0 unspecified atom stereocenters. The first-order chi connectivity index (χ1) is 4.20. The number of rotatable bonds is 0. The molecule has 4 radical (unpaired) electrons. The van der Waals surface area contributed by atoms with Crippen LogP contribution in [0, 0.1) is 6.92 Å². The summed E-state index contributed by atoms with van der Waals surface area (Å²) in [5.41, 5.74) is 1.34. The van der Waals surface area contributed by atoms with Gasteiger partial charge in [-0.1, -0.05) is 0 Å². The first kappa shape index (κ1) is 7.44. The van der Waals surface area contributed by atoms with E-state index in [1.54, 1.807) is 0 Å². The SMILES string of the molecule is Cc1cc([As])ccc1[As]. The average Bonchev–Trinajstić information content (AvgIpc) is 1.80. The maximum absolute atomic E-state index is 2.56. The molecule has 0 aliphatic rings. The number of hydrogen-bond acceptors (Lipinski definition) is 0. The minimum absolute atomic E-state index is 1.27. The molecule has 0 spiro atoms. The van der Waals surface area contributed by atoms with Gasteiger partial charge in [0.05, 0.1) is 0 Å². The molecule has 0 heterocycles. The Labute approximate surface area is 73.0 Å². The Morgan fingerprint density at radius 1 is 1.22 bits per heavy atom. The van der Waals surface area contributed by atoms with E-state index in [0.717, 1.165) is 0 Å². The predicted molar refractivity (Wildman–Crippen MR) is 42.0 cm³/mol. The van der Waals surface area contributed by atoms with Gasteiger partial charge in [-0.3, -0.25) is 0 Å². The Balaban J connectivity index is 3.17. The van der Waals surface area contributed by atoms with Crippen molar-refractivity contribution >= 4 is 42.4 Å². The second-order valence-corrected chi connectivity index (χ2v) is 4.07. The van der Waals surface area contributed by atoms with Crippen LogP contribution in [0.1, 0.15) is 5.56 Å². The van der Waals surface area contributed by atoms with Gasteiger partial charge in [0.25, 0.3) is 0 Å². The molecule has 0 saturated carbocycles. The van der Waals surface area contributed by atoms with Crippen molar-refractivity contribution in [2.24, 2.45) is 0 Å². The normalized spacial score (nSPS) is 9.67. The standard InChI is InChI=1S/C7H6As2/c1-5-4-6(8)2-3-7(5)9/h2-4H,1H3. The molecule has 0 aliphatic heterocycles. The van der Waals surface area contributed by atoms with E-state index in [0.29, 0.717) is 0 Å². The molecule has 0 atom stereocenters. The van der Waals surface area contributed by atoms with Gasteiger partial charge in [-0.15, -0.1) is 0 Å². The fourth-order valence-corrected chi connectivity index (χ4v) is 1.49. The van der Waals surface area contributed by atoms with Crippen LogP contribution < -0.4 is 8.70 Å². The molecule has 0 N–H and O–H groups in total. The summed E-state index contributed by atoms with van der Waals surface area (Å²) in [5.74, 6) is 0. The second-order valence-electron chi connectivity index (χ2n) is 1.97. The van der Waals surface area contributed by atoms with E-state index < -0.39 is 0 Å². The van der Waals surface area contributed by atoms with E-state index in [4.69, 9.17) is 0 Å². The van der Waals surface area contributed by atoms with Gasteiger partial charge < -0.3 is 0 Å². The van der Waals surface area contributed by atoms with Crippen LogP contribution in [0.3, 0.4) is 0 Å². The van der Waals surface area contributed by atoms with Gasteiger partial charge in [0, 0.05) is 0 Å². The monoisotopic (exact) mass is 240 g/mol. The van der Waals surface area contributed by atoms with Crippen LogP contribution in [0.4, 0.5) is 0 Å². The summed E-state index contributed by atoms with van der Waals surface area (Å²) < 4.78 is 2.58. The molecule has 0 bridgehead atoms. The molecule has 1 rings (SSSR count). The van der Waals surface area contributed by atoms with Crippen molar-refractivity contribution in [1.29, 1.82) is 0 Å². The van der Waals surface area contributed by atoms with Crippen LogP contribution in [-0.2, 0) is 0 Å². The molecule has 1 aromatic rings. The minimum atomic E-state index is 1.27. The van der Waals surface area contributed by atoms with Crippen LogP contribution in [0.2, 0.25) is 0 Å². The number of aryl methyl sites for hydroxylation is 1. The Bertz CT molecular complexity index is 218. The van der Waals surface area contributed by atoms with E-state index in [2.05, 4.69) is 58.8 Å². The molecule has 0 amide bonds. The summed E-state index contributed by atoms with van der Waals surface area (Å²) in [7, 11) is 0. The molecular weight excluding hydrogens is 234 g/mol.